The van der Waals surface area contributed by atoms with E-state index in [0.29, 0.717) is 24.3 Å². The molecule has 0 atom stereocenters. The van der Waals surface area contributed by atoms with Gasteiger partial charge in [-0.2, -0.15) is 5.10 Å². The van der Waals surface area contributed by atoms with Crippen molar-refractivity contribution in [3.05, 3.63) is 57.6 Å². The van der Waals surface area contributed by atoms with Gasteiger partial charge in [0.2, 0.25) is 5.91 Å². The lowest BCUT2D eigenvalue weighted by Gasteiger charge is -2.17. The molecule has 0 bridgehead atoms. The van der Waals surface area contributed by atoms with E-state index in [9.17, 15) is 24.5 Å². The number of fused-ring (bicyclic) bond motifs is 2. The lowest BCUT2D eigenvalue weighted by molar-refractivity contribution is -0.384. The van der Waals surface area contributed by atoms with E-state index in [2.05, 4.69) is 21.2 Å². The van der Waals surface area contributed by atoms with Gasteiger partial charge in [0.1, 0.15) is 5.75 Å². The van der Waals surface area contributed by atoms with Crippen molar-refractivity contribution in [2.75, 3.05) is 17.2 Å². The summed E-state index contributed by atoms with van der Waals surface area (Å²) in [5.74, 6) is -0.784. The minimum atomic E-state index is -0.611. The number of hydrazone groups is 1. The van der Waals surface area contributed by atoms with Crippen molar-refractivity contribution < 1.29 is 24.0 Å². The highest BCUT2D eigenvalue weighted by Gasteiger charge is 2.28. The van der Waals surface area contributed by atoms with Crippen LogP contribution in [0.3, 0.4) is 0 Å². The standard InChI is InChI=1S/C19H15N5O6/c25-16-6-1-10-7-12(3-5-14(10)20-16)30-9-17(26)22-23-18-13-8-11(24(28)29)2-4-15(13)21-19(18)27/h2-5,7-8H,1,6,9H2,(H,20,25)(H,22,26)(H,21,23,27). The lowest BCUT2D eigenvalue weighted by Crippen LogP contribution is -2.27. The summed E-state index contributed by atoms with van der Waals surface area (Å²) in [4.78, 5) is 45.8. The minimum Gasteiger partial charge on any atom is -0.484 e. The number of rotatable bonds is 5. The maximum atomic E-state index is 12.1. The van der Waals surface area contributed by atoms with E-state index < -0.39 is 16.7 Å². The van der Waals surface area contributed by atoms with E-state index in [1.54, 1.807) is 18.2 Å². The van der Waals surface area contributed by atoms with Gasteiger partial charge in [-0.15, -0.1) is 0 Å². The van der Waals surface area contributed by atoms with Crippen LogP contribution in [0.5, 0.6) is 5.75 Å². The number of nitro groups is 1. The Morgan fingerprint density at radius 1 is 1.13 bits per heavy atom. The van der Waals surface area contributed by atoms with Gasteiger partial charge < -0.3 is 15.4 Å². The summed E-state index contributed by atoms with van der Waals surface area (Å²) >= 11 is 0. The number of carbonyl (C=O) groups is 3. The maximum absolute atomic E-state index is 12.1. The second-order valence-electron chi connectivity index (χ2n) is 6.59. The fourth-order valence-corrected chi connectivity index (χ4v) is 3.11. The third-order valence-corrected chi connectivity index (χ3v) is 4.57. The van der Waals surface area contributed by atoms with E-state index in [-0.39, 0.29) is 29.5 Å². The molecular formula is C19H15N5O6. The summed E-state index contributed by atoms with van der Waals surface area (Å²) in [7, 11) is 0. The number of aryl methyl sites for hydroxylation is 1. The van der Waals surface area contributed by atoms with Crippen LogP contribution in [0.2, 0.25) is 0 Å². The monoisotopic (exact) mass is 409 g/mol. The first-order valence-electron chi connectivity index (χ1n) is 8.93. The predicted octanol–water partition coefficient (Wildman–Crippen LogP) is 1.33. The topological polar surface area (TPSA) is 152 Å². The van der Waals surface area contributed by atoms with Crippen LogP contribution in [0.25, 0.3) is 0 Å². The van der Waals surface area contributed by atoms with E-state index in [1.165, 1.54) is 18.2 Å². The number of nitro benzene ring substituents is 1. The number of anilines is 2. The third-order valence-electron chi connectivity index (χ3n) is 4.57. The number of amides is 3. The molecule has 152 valence electrons. The van der Waals surface area contributed by atoms with E-state index in [1.807, 2.05) is 0 Å². The molecule has 30 heavy (non-hydrogen) atoms. The van der Waals surface area contributed by atoms with Gasteiger partial charge in [-0.3, -0.25) is 24.5 Å². The Balaban J connectivity index is 1.40. The molecule has 2 aromatic carbocycles. The molecular weight excluding hydrogens is 394 g/mol. The molecule has 0 aromatic heterocycles. The van der Waals surface area contributed by atoms with E-state index in [0.717, 1.165) is 11.3 Å². The molecule has 11 nitrogen and oxygen atoms in total. The van der Waals surface area contributed by atoms with Crippen LogP contribution < -0.4 is 20.8 Å². The molecule has 0 aliphatic carbocycles. The van der Waals surface area contributed by atoms with Gasteiger partial charge in [0.05, 0.1) is 10.6 Å². The molecule has 0 saturated heterocycles. The molecule has 0 spiro atoms. The van der Waals surface area contributed by atoms with E-state index >= 15 is 0 Å². The van der Waals surface area contributed by atoms with Crippen molar-refractivity contribution in [2.45, 2.75) is 12.8 Å². The van der Waals surface area contributed by atoms with Gasteiger partial charge in [0, 0.05) is 29.8 Å². The molecule has 2 aliphatic heterocycles. The van der Waals surface area contributed by atoms with Crippen LogP contribution in [0, 0.1) is 10.1 Å². The Labute approximate surface area is 169 Å². The zero-order valence-electron chi connectivity index (χ0n) is 15.4. The van der Waals surface area contributed by atoms with Crippen LogP contribution in [0.1, 0.15) is 17.5 Å². The summed E-state index contributed by atoms with van der Waals surface area (Å²) in [6, 6.07) is 8.94. The molecule has 0 fully saturated rings. The Kier molecular flexibility index (Phi) is 4.84. The van der Waals surface area contributed by atoms with Gasteiger partial charge in [-0.05, 0) is 36.2 Å². The first-order valence-corrected chi connectivity index (χ1v) is 8.93. The minimum absolute atomic E-state index is 0.0440. The van der Waals surface area contributed by atoms with Crippen molar-refractivity contribution in [2.24, 2.45) is 5.10 Å². The van der Waals surface area contributed by atoms with Gasteiger partial charge in [0.25, 0.3) is 17.5 Å². The molecule has 3 N–H and O–H groups in total. The van der Waals surface area contributed by atoms with Crippen LogP contribution in [0.15, 0.2) is 41.5 Å². The van der Waals surface area contributed by atoms with Crippen LogP contribution in [-0.2, 0) is 20.8 Å². The Hall–Kier alpha value is -4.28. The molecule has 11 heteroatoms. The SMILES string of the molecule is O=C(COc1ccc2c(c1)CCC(=O)N2)N/N=C1\C(=O)Nc2ccc([N+](=O)[O-])cc21. The largest absolute Gasteiger partial charge is 0.484 e. The average molecular weight is 409 g/mol. The van der Waals surface area contributed by atoms with Gasteiger partial charge in [-0.1, -0.05) is 0 Å². The molecule has 2 aromatic rings. The lowest BCUT2D eigenvalue weighted by atomic mass is 10.0. The van der Waals surface area contributed by atoms with Gasteiger partial charge in [-0.25, -0.2) is 5.43 Å². The number of ether oxygens (including phenoxy) is 1. The van der Waals surface area contributed by atoms with Crippen LogP contribution in [0.4, 0.5) is 17.1 Å². The van der Waals surface area contributed by atoms with Crippen molar-refractivity contribution in [1.29, 1.82) is 0 Å². The van der Waals surface area contributed by atoms with Crippen LogP contribution in [-0.4, -0.2) is 35.0 Å². The third kappa shape index (κ3) is 3.81. The number of hydrogen-bond acceptors (Lipinski definition) is 7. The smallest absolute Gasteiger partial charge is 0.277 e. The molecule has 4 rings (SSSR count). The predicted molar refractivity (Wildman–Crippen MR) is 105 cm³/mol. The highest BCUT2D eigenvalue weighted by atomic mass is 16.6. The molecule has 0 saturated carbocycles. The zero-order valence-corrected chi connectivity index (χ0v) is 15.4. The number of nitrogens with zero attached hydrogens (tertiary/aromatic N) is 2. The first kappa shape index (κ1) is 19.1. The zero-order chi connectivity index (χ0) is 21.3. The Morgan fingerprint density at radius 2 is 1.93 bits per heavy atom. The van der Waals surface area contributed by atoms with E-state index in [4.69, 9.17) is 4.74 Å². The number of nitrogens with one attached hydrogen (secondary N) is 3. The molecule has 3 amide bonds. The number of non-ortho nitro benzene ring substituents is 1. The summed E-state index contributed by atoms with van der Waals surface area (Å²) in [5.41, 5.74) is 4.12. The second kappa shape index (κ2) is 7.62. The summed E-state index contributed by atoms with van der Waals surface area (Å²) < 4.78 is 5.44. The second-order valence-corrected chi connectivity index (χ2v) is 6.59. The number of benzene rings is 2. The van der Waals surface area contributed by atoms with Crippen LogP contribution >= 0.6 is 0 Å². The quantitative estimate of drug-likeness (QED) is 0.500. The van der Waals surface area contributed by atoms with Gasteiger partial charge in [0.15, 0.2) is 12.3 Å². The first-order chi connectivity index (χ1) is 14.4. The van der Waals surface area contributed by atoms with Crippen molar-refractivity contribution in [3.63, 3.8) is 0 Å². The number of carbonyl (C=O) groups excluding carboxylic acids is 3. The number of hydrogen-bond donors (Lipinski definition) is 3. The fraction of sp³-hybridized carbons (Fsp3) is 0.158. The maximum Gasteiger partial charge on any atom is 0.277 e. The summed E-state index contributed by atoms with van der Waals surface area (Å²) in [6.07, 6.45) is 0.967. The highest BCUT2D eigenvalue weighted by molar-refractivity contribution is 6.53. The molecule has 2 aliphatic rings. The summed E-state index contributed by atoms with van der Waals surface area (Å²) in [5, 5.41) is 20.0. The normalized spacial score (nSPS) is 15.7. The Morgan fingerprint density at radius 3 is 2.73 bits per heavy atom. The highest BCUT2D eigenvalue weighted by Crippen LogP contribution is 2.28. The Bertz CT molecular complexity index is 1130. The molecule has 2 heterocycles. The average Bonchev–Trinajstić information content (AvgIpc) is 3.04. The van der Waals surface area contributed by atoms with Crippen molar-refractivity contribution in [1.82, 2.24) is 5.43 Å². The molecule has 0 unspecified atom stereocenters. The fourth-order valence-electron chi connectivity index (χ4n) is 3.11. The van der Waals surface area contributed by atoms with Crippen molar-refractivity contribution >= 4 is 40.5 Å². The molecule has 0 radical (unpaired) electrons. The van der Waals surface area contributed by atoms with Crippen molar-refractivity contribution in [3.8, 4) is 5.75 Å². The van der Waals surface area contributed by atoms with Gasteiger partial charge >= 0.3 is 0 Å². The summed E-state index contributed by atoms with van der Waals surface area (Å²) in [6.45, 7) is -0.356.